The Balaban J connectivity index is 2.25. The minimum Gasteiger partial charge on any atom is -0.449 e. The maximum Gasteiger partial charge on any atom is 0.410 e. The van der Waals surface area contributed by atoms with Gasteiger partial charge >= 0.3 is 6.09 Å². The highest BCUT2D eigenvalue weighted by Crippen LogP contribution is 2.17. The SMILES string of the molecule is CCCCOC(=O)N1CC/C(=C/Br)C1. The number of rotatable bonds is 3. The second kappa shape index (κ2) is 6.06. The molecule has 0 aromatic carbocycles. The fraction of sp³-hybridized carbons (Fsp3) is 0.700. The lowest BCUT2D eigenvalue weighted by Gasteiger charge is -2.14. The molecule has 1 aliphatic rings. The third kappa shape index (κ3) is 3.33. The van der Waals surface area contributed by atoms with Gasteiger partial charge in [-0.25, -0.2) is 4.79 Å². The minimum absolute atomic E-state index is 0.178. The highest BCUT2D eigenvalue weighted by atomic mass is 79.9. The number of carbonyl (C=O) groups excluding carboxylic acids is 1. The van der Waals surface area contributed by atoms with Crippen molar-refractivity contribution in [1.82, 2.24) is 4.90 Å². The van der Waals surface area contributed by atoms with Crippen LogP contribution in [0.3, 0.4) is 0 Å². The molecule has 0 spiro atoms. The molecule has 1 heterocycles. The summed E-state index contributed by atoms with van der Waals surface area (Å²) >= 11 is 3.28. The maximum absolute atomic E-state index is 11.4. The van der Waals surface area contributed by atoms with E-state index in [0.29, 0.717) is 13.2 Å². The summed E-state index contributed by atoms with van der Waals surface area (Å²) in [5.41, 5.74) is 1.25. The maximum atomic E-state index is 11.4. The molecular weight excluding hydrogens is 246 g/mol. The van der Waals surface area contributed by atoms with E-state index in [4.69, 9.17) is 4.74 Å². The van der Waals surface area contributed by atoms with Gasteiger partial charge in [0.2, 0.25) is 0 Å². The Morgan fingerprint density at radius 3 is 3.07 bits per heavy atom. The summed E-state index contributed by atoms with van der Waals surface area (Å²) in [6, 6.07) is 0. The fourth-order valence-electron chi connectivity index (χ4n) is 1.32. The Bertz CT molecular complexity index is 228. The van der Waals surface area contributed by atoms with Gasteiger partial charge in [-0.15, -0.1) is 0 Å². The largest absolute Gasteiger partial charge is 0.449 e. The van der Waals surface area contributed by atoms with Gasteiger partial charge in [0.1, 0.15) is 0 Å². The highest BCUT2D eigenvalue weighted by molar-refractivity contribution is 9.11. The van der Waals surface area contributed by atoms with Crippen LogP contribution in [0.4, 0.5) is 4.79 Å². The monoisotopic (exact) mass is 261 g/mol. The lowest BCUT2D eigenvalue weighted by Crippen LogP contribution is -2.28. The molecule has 0 atom stereocenters. The number of ether oxygens (including phenoxy) is 1. The average molecular weight is 262 g/mol. The molecule has 1 fully saturated rings. The van der Waals surface area contributed by atoms with Crippen LogP contribution in [0.5, 0.6) is 0 Å². The Labute approximate surface area is 93.2 Å². The summed E-state index contributed by atoms with van der Waals surface area (Å²) in [7, 11) is 0. The van der Waals surface area contributed by atoms with Crippen LogP contribution in [0.2, 0.25) is 0 Å². The molecule has 0 bridgehead atoms. The van der Waals surface area contributed by atoms with E-state index in [2.05, 4.69) is 22.9 Å². The molecule has 1 saturated heterocycles. The number of hydrogen-bond donors (Lipinski definition) is 0. The van der Waals surface area contributed by atoms with E-state index in [1.807, 2.05) is 4.99 Å². The molecule has 4 heteroatoms. The fourth-order valence-corrected chi connectivity index (χ4v) is 1.70. The van der Waals surface area contributed by atoms with Gasteiger partial charge in [-0.05, 0) is 23.4 Å². The van der Waals surface area contributed by atoms with Gasteiger partial charge in [0.05, 0.1) is 6.61 Å². The van der Waals surface area contributed by atoms with Crippen molar-refractivity contribution in [1.29, 1.82) is 0 Å². The quantitative estimate of drug-likeness (QED) is 0.732. The number of carbonyl (C=O) groups is 1. The molecule has 0 unspecified atom stereocenters. The van der Waals surface area contributed by atoms with Crippen LogP contribution < -0.4 is 0 Å². The molecule has 14 heavy (non-hydrogen) atoms. The van der Waals surface area contributed by atoms with E-state index in [1.54, 1.807) is 4.90 Å². The van der Waals surface area contributed by atoms with Crippen molar-refractivity contribution in [3.63, 3.8) is 0 Å². The van der Waals surface area contributed by atoms with E-state index in [0.717, 1.165) is 25.8 Å². The minimum atomic E-state index is -0.178. The van der Waals surface area contributed by atoms with Crippen LogP contribution in [-0.4, -0.2) is 30.7 Å². The molecule has 0 aromatic heterocycles. The number of halogens is 1. The zero-order valence-electron chi connectivity index (χ0n) is 8.46. The van der Waals surface area contributed by atoms with E-state index < -0.39 is 0 Å². The summed E-state index contributed by atoms with van der Waals surface area (Å²) in [6.07, 6.45) is 2.78. The predicted molar refractivity (Wildman–Crippen MR) is 59.5 cm³/mol. The van der Waals surface area contributed by atoms with Crippen LogP contribution in [-0.2, 0) is 4.74 Å². The zero-order valence-corrected chi connectivity index (χ0v) is 10.0. The molecule has 0 aromatic rings. The first-order chi connectivity index (χ1) is 6.77. The van der Waals surface area contributed by atoms with E-state index >= 15 is 0 Å². The highest BCUT2D eigenvalue weighted by Gasteiger charge is 2.21. The Morgan fingerprint density at radius 1 is 1.71 bits per heavy atom. The molecule has 80 valence electrons. The van der Waals surface area contributed by atoms with Crippen LogP contribution in [0.1, 0.15) is 26.2 Å². The van der Waals surface area contributed by atoms with Crippen molar-refractivity contribution >= 4 is 22.0 Å². The predicted octanol–water partition coefficient (Wildman–Crippen LogP) is 2.91. The van der Waals surface area contributed by atoms with Crippen LogP contribution >= 0.6 is 15.9 Å². The Hall–Kier alpha value is -0.510. The first-order valence-corrected chi connectivity index (χ1v) is 5.89. The standard InChI is InChI=1S/C10H16BrNO2/c1-2-3-6-14-10(13)12-5-4-9(7-11)8-12/h7H,2-6,8H2,1H3/b9-7-. The van der Waals surface area contributed by atoms with Crippen LogP contribution in [0.25, 0.3) is 0 Å². The third-order valence-corrected chi connectivity index (χ3v) is 2.88. The van der Waals surface area contributed by atoms with Gasteiger partial charge in [0.15, 0.2) is 0 Å². The topological polar surface area (TPSA) is 29.5 Å². The summed E-state index contributed by atoms with van der Waals surface area (Å²) in [5, 5.41) is 0. The number of likely N-dealkylation sites (tertiary alicyclic amines) is 1. The molecule has 3 nitrogen and oxygen atoms in total. The van der Waals surface area contributed by atoms with Gasteiger partial charge in [0.25, 0.3) is 0 Å². The zero-order chi connectivity index (χ0) is 10.4. The molecule has 1 rings (SSSR count). The Kier molecular flexibility index (Phi) is 5.01. The van der Waals surface area contributed by atoms with E-state index in [1.165, 1.54) is 5.57 Å². The second-order valence-electron chi connectivity index (χ2n) is 3.41. The van der Waals surface area contributed by atoms with Crippen molar-refractivity contribution in [3.8, 4) is 0 Å². The molecular formula is C10H16BrNO2. The Morgan fingerprint density at radius 2 is 2.50 bits per heavy atom. The first-order valence-electron chi connectivity index (χ1n) is 4.97. The van der Waals surface area contributed by atoms with Gasteiger partial charge in [-0.1, -0.05) is 29.3 Å². The molecule has 0 aliphatic carbocycles. The molecule has 0 N–H and O–H groups in total. The summed E-state index contributed by atoms with van der Waals surface area (Å²) in [5.74, 6) is 0. The average Bonchev–Trinajstić information content (AvgIpc) is 2.66. The van der Waals surface area contributed by atoms with Gasteiger partial charge in [0, 0.05) is 13.1 Å². The van der Waals surface area contributed by atoms with Crippen molar-refractivity contribution < 1.29 is 9.53 Å². The number of unbranched alkanes of at least 4 members (excludes halogenated alkanes) is 1. The summed E-state index contributed by atoms with van der Waals surface area (Å²) in [6.45, 7) is 4.10. The van der Waals surface area contributed by atoms with E-state index in [-0.39, 0.29) is 6.09 Å². The van der Waals surface area contributed by atoms with Gasteiger partial charge in [-0.2, -0.15) is 0 Å². The number of nitrogens with zero attached hydrogens (tertiary/aromatic N) is 1. The summed E-state index contributed by atoms with van der Waals surface area (Å²) in [4.78, 5) is 15.1. The smallest absolute Gasteiger partial charge is 0.410 e. The number of amides is 1. The molecule has 0 radical (unpaired) electrons. The lowest BCUT2D eigenvalue weighted by atomic mass is 10.3. The van der Waals surface area contributed by atoms with Crippen LogP contribution in [0.15, 0.2) is 10.6 Å². The van der Waals surface area contributed by atoms with Crippen LogP contribution in [0, 0.1) is 0 Å². The molecule has 1 amide bonds. The molecule has 1 aliphatic heterocycles. The van der Waals surface area contributed by atoms with Crippen molar-refractivity contribution in [2.24, 2.45) is 0 Å². The summed E-state index contributed by atoms with van der Waals surface area (Å²) < 4.78 is 5.10. The van der Waals surface area contributed by atoms with Crippen molar-refractivity contribution in [2.45, 2.75) is 26.2 Å². The van der Waals surface area contributed by atoms with Crippen molar-refractivity contribution in [2.75, 3.05) is 19.7 Å². The normalized spacial score (nSPS) is 19.0. The van der Waals surface area contributed by atoms with Gasteiger partial charge in [-0.3, -0.25) is 0 Å². The van der Waals surface area contributed by atoms with Crippen molar-refractivity contribution in [3.05, 3.63) is 10.6 Å². The second-order valence-corrected chi connectivity index (χ2v) is 3.86. The van der Waals surface area contributed by atoms with Gasteiger partial charge < -0.3 is 9.64 Å². The third-order valence-electron chi connectivity index (χ3n) is 2.23. The molecule has 0 saturated carbocycles. The van der Waals surface area contributed by atoms with E-state index in [9.17, 15) is 4.79 Å². The lowest BCUT2D eigenvalue weighted by molar-refractivity contribution is 0.110. The number of hydrogen-bond acceptors (Lipinski definition) is 2. The first kappa shape index (κ1) is 11.6.